The van der Waals surface area contributed by atoms with Crippen molar-refractivity contribution in [1.82, 2.24) is 9.88 Å². The SMILES string of the molecule is CO[C@]1(c2ccc(Cl)cc2)c2ccc(C3(C)CO3)cc2C(=O)N1Cc1ccc(Cl)cn1. The number of epoxide rings is 1. The Morgan fingerprint density at radius 3 is 2.35 bits per heavy atom. The summed E-state index contributed by atoms with van der Waals surface area (Å²) in [5.74, 6) is -0.130. The molecular formula is C24H20Cl2N2O3. The zero-order chi connectivity index (χ0) is 21.8. The summed E-state index contributed by atoms with van der Waals surface area (Å²) < 4.78 is 11.7. The van der Waals surface area contributed by atoms with Crippen LogP contribution < -0.4 is 0 Å². The summed E-state index contributed by atoms with van der Waals surface area (Å²) >= 11 is 12.1. The Morgan fingerprint density at radius 2 is 1.74 bits per heavy atom. The molecule has 1 saturated heterocycles. The van der Waals surface area contributed by atoms with Crippen LogP contribution in [-0.4, -0.2) is 29.5 Å². The van der Waals surface area contributed by atoms with Crippen LogP contribution in [0.4, 0.5) is 0 Å². The van der Waals surface area contributed by atoms with Crippen molar-refractivity contribution < 1.29 is 14.3 Å². The van der Waals surface area contributed by atoms with Gasteiger partial charge in [0.25, 0.3) is 5.91 Å². The number of fused-ring (bicyclic) bond motifs is 1. The van der Waals surface area contributed by atoms with Crippen LogP contribution in [0.15, 0.2) is 60.8 Å². The van der Waals surface area contributed by atoms with Crippen molar-refractivity contribution in [3.05, 3.63) is 98.8 Å². The van der Waals surface area contributed by atoms with E-state index in [0.29, 0.717) is 27.9 Å². The first kappa shape index (κ1) is 20.5. The molecule has 2 aromatic carbocycles. The van der Waals surface area contributed by atoms with E-state index in [0.717, 1.165) is 16.7 Å². The molecular weight excluding hydrogens is 435 g/mol. The lowest BCUT2D eigenvalue weighted by atomic mass is 9.90. The molecule has 0 bridgehead atoms. The van der Waals surface area contributed by atoms with E-state index in [1.807, 2.05) is 43.3 Å². The molecule has 0 N–H and O–H groups in total. The molecule has 158 valence electrons. The summed E-state index contributed by atoms with van der Waals surface area (Å²) in [6, 6.07) is 16.8. The number of halogens is 2. The van der Waals surface area contributed by atoms with Gasteiger partial charge in [-0.05, 0) is 42.8 Å². The minimum atomic E-state index is -1.11. The summed E-state index contributed by atoms with van der Waals surface area (Å²) in [6.45, 7) is 2.92. The maximum Gasteiger partial charge on any atom is 0.257 e. The Hall–Kier alpha value is -2.44. The largest absolute Gasteiger partial charge is 0.365 e. The normalized spacial score (nSPS) is 24.4. The minimum absolute atomic E-state index is 0.130. The molecule has 2 atom stereocenters. The first-order chi connectivity index (χ1) is 14.9. The monoisotopic (exact) mass is 454 g/mol. The van der Waals surface area contributed by atoms with Gasteiger partial charge < -0.3 is 9.47 Å². The first-order valence-corrected chi connectivity index (χ1v) is 10.7. The van der Waals surface area contributed by atoms with E-state index in [2.05, 4.69) is 4.98 Å². The number of amides is 1. The first-order valence-electron chi connectivity index (χ1n) is 9.90. The molecule has 0 spiro atoms. The fraction of sp³-hybridized carbons (Fsp3) is 0.250. The standard InChI is InChI=1S/C24H20Cl2N2O3/c1-23(14-31-23)16-5-10-21-20(11-16)22(29)28(13-19-9-8-18(26)12-27-19)24(21,30-2)15-3-6-17(25)7-4-15/h3-12H,13-14H2,1-2H3/t23?,24-/m1/s1. The molecule has 0 aliphatic carbocycles. The van der Waals surface area contributed by atoms with E-state index in [9.17, 15) is 4.79 Å². The van der Waals surface area contributed by atoms with E-state index >= 15 is 0 Å². The fourth-order valence-corrected chi connectivity index (χ4v) is 4.46. The van der Waals surface area contributed by atoms with Crippen LogP contribution in [0.5, 0.6) is 0 Å². The number of aromatic nitrogens is 1. The van der Waals surface area contributed by atoms with Crippen molar-refractivity contribution >= 4 is 29.1 Å². The maximum absolute atomic E-state index is 13.7. The van der Waals surface area contributed by atoms with E-state index in [4.69, 9.17) is 32.7 Å². The van der Waals surface area contributed by atoms with Gasteiger partial charge in [-0.3, -0.25) is 14.7 Å². The van der Waals surface area contributed by atoms with Gasteiger partial charge in [-0.25, -0.2) is 0 Å². The number of pyridine rings is 1. The number of carbonyl (C=O) groups excluding carboxylic acids is 1. The average Bonchev–Trinajstić information content (AvgIpc) is 3.49. The number of hydrogen-bond acceptors (Lipinski definition) is 4. The molecule has 2 aliphatic heterocycles. The van der Waals surface area contributed by atoms with Crippen molar-refractivity contribution in [3.8, 4) is 0 Å². The Labute approximate surface area is 190 Å². The van der Waals surface area contributed by atoms with Crippen molar-refractivity contribution in [1.29, 1.82) is 0 Å². The molecule has 1 aromatic heterocycles. The van der Waals surface area contributed by atoms with Gasteiger partial charge in [-0.1, -0.05) is 47.5 Å². The number of benzene rings is 2. The van der Waals surface area contributed by atoms with Crippen molar-refractivity contribution in [2.75, 3.05) is 13.7 Å². The number of carbonyl (C=O) groups is 1. The topological polar surface area (TPSA) is 55.0 Å². The quantitative estimate of drug-likeness (QED) is 0.500. The lowest BCUT2D eigenvalue weighted by molar-refractivity contribution is -0.0868. The van der Waals surface area contributed by atoms with E-state index < -0.39 is 5.72 Å². The zero-order valence-electron chi connectivity index (χ0n) is 17.1. The maximum atomic E-state index is 13.7. The van der Waals surface area contributed by atoms with Gasteiger partial charge in [0, 0.05) is 35.0 Å². The highest BCUT2D eigenvalue weighted by atomic mass is 35.5. The van der Waals surface area contributed by atoms with Crippen LogP contribution in [0.2, 0.25) is 10.0 Å². The van der Waals surface area contributed by atoms with Crippen LogP contribution in [0.25, 0.3) is 0 Å². The van der Waals surface area contributed by atoms with Crippen LogP contribution in [0.3, 0.4) is 0 Å². The number of rotatable bonds is 5. The smallest absolute Gasteiger partial charge is 0.257 e. The molecule has 31 heavy (non-hydrogen) atoms. The molecule has 0 radical (unpaired) electrons. The van der Waals surface area contributed by atoms with Crippen molar-refractivity contribution in [2.45, 2.75) is 24.8 Å². The lowest BCUT2D eigenvalue weighted by Crippen LogP contribution is -2.45. The van der Waals surface area contributed by atoms with Gasteiger partial charge in [-0.15, -0.1) is 0 Å². The molecule has 3 heterocycles. The summed E-state index contributed by atoms with van der Waals surface area (Å²) in [5.41, 5.74) is 2.43. The summed E-state index contributed by atoms with van der Waals surface area (Å²) in [7, 11) is 1.61. The van der Waals surface area contributed by atoms with Crippen LogP contribution >= 0.6 is 23.2 Å². The Balaban J connectivity index is 1.68. The predicted molar refractivity (Wildman–Crippen MR) is 118 cm³/mol. The highest BCUT2D eigenvalue weighted by molar-refractivity contribution is 6.30. The minimum Gasteiger partial charge on any atom is -0.365 e. The van der Waals surface area contributed by atoms with Gasteiger partial charge in [0.2, 0.25) is 0 Å². The molecule has 1 fully saturated rings. The van der Waals surface area contributed by atoms with E-state index in [1.54, 1.807) is 36.4 Å². The summed E-state index contributed by atoms with van der Waals surface area (Å²) in [6.07, 6.45) is 1.57. The number of nitrogens with zero attached hydrogens (tertiary/aromatic N) is 2. The second-order valence-corrected chi connectivity index (χ2v) is 8.87. The Morgan fingerprint density at radius 1 is 1.06 bits per heavy atom. The second kappa shape index (κ2) is 7.31. The third-order valence-corrected chi connectivity index (χ3v) is 6.54. The van der Waals surface area contributed by atoms with Gasteiger partial charge in [0.05, 0.1) is 23.9 Å². The van der Waals surface area contributed by atoms with E-state index in [1.165, 1.54) is 0 Å². The highest BCUT2D eigenvalue weighted by Crippen LogP contribution is 2.48. The molecule has 5 nitrogen and oxygen atoms in total. The molecule has 5 rings (SSSR count). The molecule has 1 amide bonds. The third kappa shape index (κ3) is 3.24. The average molecular weight is 455 g/mol. The molecule has 2 aliphatic rings. The van der Waals surface area contributed by atoms with Crippen LogP contribution in [-0.2, 0) is 27.3 Å². The fourth-order valence-electron chi connectivity index (χ4n) is 4.22. The lowest BCUT2D eigenvalue weighted by Gasteiger charge is -2.38. The van der Waals surface area contributed by atoms with Gasteiger partial charge >= 0.3 is 0 Å². The summed E-state index contributed by atoms with van der Waals surface area (Å²) in [5, 5.41) is 1.15. The van der Waals surface area contributed by atoms with Gasteiger partial charge in [-0.2, -0.15) is 0 Å². The number of ether oxygens (including phenoxy) is 2. The molecule has 1 unspecified atom stereocenters. The second-order valence-electron chi connectivity index (χ2n) is 7.99. The predicted octanol–water partition coefficient (Wildman–Crippen LogP) is 5.14. The number of hydrogen-bond donors (Lipinski definition) is 0. The van der Waals surface area contributed by atoms with Gasteiger partial charge in [0.1, 0.15) is 5.60 Å². The highest BCUT2D eigenvalue weighted by Gasteiger charge is 2.53. The zero-order valence-corrected chi connectivity index (χ0v) is 18.6. The van der Waals surface area contributed by atoms with Gasteiger partial charge in [0.15, 0.2) is 5.72 Å². The summed E-state index contributed by atoms with van der Waals surface area (Å²) in [4.78, 5) is 19.8. The molecule has 7 heteroatoms. The van der Waals surface area contributed by atoms with E-state index in [-0.39, 0.29) is 18.1 Å². The van der Waals surface area contributed by atoms with Crippen LogP contribution in [0.1, 0.15) is 39.7 Å². The third-order valence-electron chi connectivity index (χ3n) is 6.07. The molecule has 3 aromatic rings. The molecule has 0 saturated carbocycles. The van der Waals surface area contributed by atoms with Crippen molar-refractivity contribution in [3.63, 3.8) is 0 Å². The number of methoxy groups -OCH3 is 1. The van der Waals surface area contributed by atoms with Crippen LogP contribution in [0, 0.1) is 0 Å². The Bertz CT molecular complexity index is 1160. The van der Waals surface area contributed by atoms with Crippen molar-refractivity contribution in [2.24, 2.45) is 0 Å². The Kier molecular flexibility index (Phi) is 4.83.